The normalized spacial score (nSPS) is 21.9. The van der Waals surface area contributed by atoms with Crippen molar-refractivity contribution < 1.29 is 29.0 Å². The Kier molecular flexibility index (Phi) is 8.86. The van der Waals surface area contributed by atoms with Crippen LogP contribution in [-0.2, 0) is 31.3 Å². The van der Waals surface area contributed by atoms with Crippen molar-refractivity contribution in [1.29, 1.82) is 0 Å². The van der Waals surface area contributed by atoms with Crippen molar-refractivity contribution >= 4 is 55.5 Å². The maximum atomic E-state index is 14.8. The first kappa shape index (κ1) is 32.3. The maximum Gasteiger partial charge on any atom is 0.264 e. The van der Waals surface area contributed by atoms with E-state index in [0.29, 0.717) is 28.3 Å². The minimum Gasteiger partial charge on any atom is -0.432 e. The van der Waals surface area contributed by atoms with Gasteiger partial charge in [-0.25, -0.2) is 0 Å². The van der Waals surface area contributed by atoms with Gasteiger partial charge in [-0.2, -0.15) is 0 Å². The molecule has 0 saturated carbocycles. The average Bonchev–Trinajstić information content (AvgIpc) is 3.50. The van der Waals surface area contributed by atoms with Crippen LogP contribution in [0.5, 0.6) is 0 Å². The Balaban J connectivity index is 1.42. The Morgan fingerprint density at radius 1 is 0.830 bits per heavy atom. The lowest BCUT2D eigenvalue weighted by atomic mass is 9.82. The van der Waals surface area contributed by atoms with Crippen LogP contribution >= 0.6 is 0 Å². The van der Waals surface area contributed by atoms with Gasteiger partial charge in [0.05, 0.1) is 18.3 Å². The third-order valence-electron chi connectivity index (χ3n) is 9.49. The Hall–Kier alpha value is -4.61. The summed E-state index contributed by atoms with van der Waals surface area (Å²) in [6.07, 6.45) is 1.28. The quantitative estimate of drug-likeness (QED) is 0.152. The van der Waals surface area contributed by atoms with Crippen LogP contribution in [0.4, 0.5) is 28.4 Å². The summed E-state index contributed by atoms with van der Waals surface area (Å²) in [5.41, 5.74) is 3.09. The molecule has 4 aromatic rings. The number of amides is 3. The number of rotatable bonds is 11. The third kappa shape index (κ3) is 5.67. The lowest BCUT2D eigenvalue weighted by Crippen LogP contribution is -2.46. The summed E-state index contributed by atoms with van der Waals surface area (Å²) in [5, 5.41) is 9.95. The van der Waals surface area contributed by atoms with E-state index in [1.807, 2.05) is 123 Å². The molecule has 0 aromatic heterocycles. The van der Waals surface area contributed by atoms with Gasteiger partial charge in [0.2, 0.25) is 12.8 Å². The zero-order chi connectivity index (χ0) is 33.3. The summed E-state index contributed by atoms with van der Waals surface area (Å²) in [4.78, 5) is 55.4. The molecule has 242 valence electrons. The standard InChI is InChI=1S/C37H39N3O6Si/c1-26-35(47(2,3)45)34(20-21-41)46-37(26)32-22-31(40(25-43)29-12-8-5-9-13-29)18-19-33(32)38(36(37)44)23-27-14-16-30(17-15-27)39(24-42)28-10-6-4-7-11-28/h4-19,22,24-26,34-35,41,45H,20-21,23H2,1-3H3/t26-,34+,35-,37+/m1/s1. The van der Waals surface area contributed by atoms with Crippen molar-refractivity contribution in [3.05, 3.63) is 114 Å². The fraction of sp³-hybridized carbons (Fsp3) is 0.270. The van der Waals surface area contributed by atoms with Gasteiger partial charge in [0.1, 0.15) is 0 Å². The zero-order valence-electron chi connectivity index (χ0n) is 26.7. The zero-order valence-corrected chi connectivity index (χ0v) is 27.7. The van der Waals surface area contributed by atoms with Gasteiger partial charge in [0.15, 0.2) is 13.9 Å². The second-order valence-corrected chi connectivity index (χ2v) is 16.7. The number of nitrogens with zero attached hydrogens (tertiary/aromatic N) is 3. The molecule has 9 nitrogen and oxygen atoms in total. The molecule has 4 atom stereocenters. The van der Waals surface area contributed by atoms with Gasteiger partial charge in [-0.3, -0.25) is 24.2 Å². The van der Waals surface area contributed by atoms with Gasteiger partial charge in [0, 0.05) is 46.4 Å². The number of carbonyl (C=O) groups excluding carboxylic acids is 3. The minimum absolute atomic E-state index is 0.140. The van der Waals surface area contributed by atoms with Crippen LogP contribution in [0.25, 0.3) is 0 Å². The highest BCUT2D eigenvalue weighted by molar-refractivity contribution is 6.71. The largest absolute Gasteiger partial charge is 0.432 e. The van der Waals surface area contributed by atoms with Crippen LogP contribution in [0.3, 0.4) is 0 Å². The lowest BCUT2D eigenvalue weighted by molar-refractivity contribution is -0.146. The summed E-state index contributed by atoms with van der Waals surface area (Å²) < 4.78 is 6.77. The molecule has 2 aliphatic heterocycles. The van der Waals surface area contributed by atoms with Gasteiger partial charge < -0.3 is 19.5 Å². The molecule has 2 heterocycles. The number of carbonyl (C=O) groups is 3. The molecule has 1 saturated heterocycles. The first-order chi connectivity index (χ1) is 22.6. The number of anilines is 5. The van der Waals surface area contributed by atoms with Crippen LogP contribution in [0.2, 0.25) is 18.6 Å². The number of benzene rings is 4. The number of para-hydroxylation sites is 2. The first-order valence-electron chi connectivity index (χ1n) is 15.8. The minimum atomic E-state index is -2.88. The second kappa shape index (κ2) is 12.9. The number of aliphatic hydroxyl groups is 1. The van der Waals surface area contributed by atoms with Gasteiger partial charge in [-0.15, -0.1) is 0 Å². The van der Waals surface area contributed by atoms with E-state index in [4.69, 9.17) is 4.74 Å². The third-order valence-corrected chi connectivity index (χ3v) is 12.0. The molecular formula is C37H39N3O6Si. The molecule has 6 rings (SSSR count). The van der Waals surface area contributed by atoms with Gasteiger partial charge >= 0.3 is 0 Å². The average molecular weight is 650 g/mol. The van der Waals surface area contributed by atoms with Crippen LogP contribution in [0.15, 0.2) is 103 Å². The predicted octanol–water partition coefficient (Wildman–Crippen LogP) is 6.00. The van der Waals surface area contributed by atoms with E-state index in [9.17, 15) is 24.3 Å². The van der Waals surface area contributed by atoms with E-state index in [1.54, 1.807) is 9.80 Å². The Morgan fingerprint density at radius 3 is 1.89 bits per heavy atom. The first-order valence-corrected chi connectivity index (χ1v) is 18.8. The highest BCUT2D eigenvalue weighted by atomic mass is 28.4. The second-order valence-electron chi connectivity index (χ2n) is 12.8. The molecular weight excluding hydrogens is 611 g/mol. The van der Waals surface area contributed by atoms with Crippen LogP contribution < -0.4 is 14.7 Å². The Morgan fingerprint density at radius 2 is 1.36 bits per heavy atom. The molecule has 1 fully saturated rings. The highest BCUT2D eigenvalue weighted by Crippen LogP contribution is 2.60. The lowest BCUT2D eigenvalue weighted by Gasteiger charge is -2.32. The fourth-order valence-corrected chi connectivity index (χ4v) is 10.0. The molecule has 10 heteroatoms. The smallest absolute Gasteiger partial charge is 0.264 e. The monoisotopic (exact) mass is 649 g/mol. The van der Waals surface area contributed by atoms with Crippen molar-refractivity contribution in [2.45, 2.75) is 50.2 Å². The number of fused-ring (bicyclic) bond motifs is 2. The SMILES string of the molecule is C[C@@H]1[C@@H]([Si](C)(C)O)[C@H](CCO)O[C@@]12C(=O)N(Cc1ccc(N(C=O)c3ccccc3)cc1)c1ccc(N(C=O)c3ccccc3)cc12. The molecule has 2 aliphatic rings. The van der Waals surface area contributed by atoms with Crippen LogP contribution in [-0.4, -0.2) is 49.7 Å². The van der Waals surface area contributed by atoms with E-state index in [2.05, 4.69) is 0 Å². The number of ether oxygens (including phenoxy) is 1. The summed E-state index contributed by atoms with van der Waals surface area (Å²) in [7, 11) is -2.88. The van der Waals surface area contributed by atoms with Crippen LogP contribution in [0.1, 0.15) is 24.5 Å². The molecule has 0 radical (unpaired) electrons. The molecule has 0 bridgehead atoms. The topological polar surface area (TPSA) is 111 Å². The highest BCUT2D eigenvalue weighted by Gasteiger charge is 2.66. The summed E-state index contributed by atoms with van der Waals surface area (Å²) in [6, 6.07) is 31.6. The molecule has 3 amide bonds. The van der Waals surface area contributed by atoms with Crippen molar-refractivity contribution in [3.63, 3.8) is 0 Å². The molecule has 0 aliphatic carbocycles. The van der Waals surface area contributed by atoms with Crippen molar-refractivity contribution in [3.8, 4) is 0 Å². The Bertz CT molecular complexity index is 1750. The van der Waals surface area contributed by atoms with Crippen molar-refractivity contribution in [2.24, 2.45) is 5.92 Å². The Labute approximate surface area is 275 Å². The molecule has 1 spiro atoms. The van der Waals surface area contributed by atoms with Crippen molar-refractivity contribution in [2.75, 3.05) is 21.3 Å². The molecule has 4 aromatic carbocycles. The maximum absolute atomic E-state index is 14.8. The van der Waals surface area contributed by atoms with Crippen LogP contribution in [0, 0.1) is 5.92 Å². The number of aliphatic hydroxyl groups excluding tert-OH is 1. The van der Waals surface area contributed by atoms with E-state index in [-0.39, 0.29) is 31.0 Å². The van der Waals surface area contributed by atoms with Gasteiger partial charge in [-0.05, 0) is 79.7 Å². The summed E-state index contributed by atoms with van der Waals surface area (Å²) in [5.74, 6) is -0.658. The molecule has 2 N–H and O–H groups in total. The summed E-state index contributed by atoms with van der Waals surface area (Å²) in [6.45, 7) is 5.74. The fourth-order valence-electron chi connectivity index (χ4n) is 7.43. The number of hydrogen-bond donors (Lipinski definition) is 2. The van der Waals surface area contributed by atoms with E-state index >= 15 is 0 Å². The van der Waals surface area contributed by atoms with Gasteiger partial charge in [0.25, 0.3) is 5.91 Å². The van der Waals surface area contributed by atoms with E-state index in [0.717, 1.165) is 24.1 Å². The number of hydrogen-bond acceptors (Lipinski definition) is 6. The van der Waals surface area contributed by atoms with E-state index < -0.39 is 25.9 Å². The molecule has 0 unspecified atom stereocenters. The summed E-state index contributed by atoms with van der Waals surface area (Å²) >= 11 is 0. The van der Waals surface area contributed by atoms with Crippen molar-refractivity contribution in [1.82, 2.24) is 0 Å². The van der Waals surface area contributed by atoms with Gasteiger partial charge in [-0.1, -0.05) is 55.5 Å². The van der Waals surface area contributed by atoms with E-state index in [1.165, 1.54) is 4.90 Å². The molecule has 47 heavy (non-hydrogen) atoms. The predicted molar refractivity (Wildman–Crippen MR) is 184 cm³/mol.